The Bertz CT molecular complexity index is 355. The van der Waals surface area contributed by atoms with Crippen LogP contribution in [0.5, 0.6) is 0 Å². The Morgan fingerprint density at radius 1 is 1.09 bits per heavy atom. The molecule has 2 rings (SSSR count). The summed E-state index contributed by atoms with van der Waals surface area (Å²) in [6, 6.07) is 0.941. The fourth-order valence-electron chi connectivity index (χ4n) is 3.48. The molecule has 2 aliphatic rings. The van der Waals surface area contributed by atoms with E-state index in [1.54, 1.807) is 0 Å². The van der Waals surface area contributed by atoms with Crippen molar-refractivity contribution in [2.45, 2.75) is 90.3 Å². The lowest BCUT2D eigenvalue weighted by atomic mass is 9.83. The molecule has 0 bridgehead atoms. The standard InChI is InChI=1S/C18H34N2O2/c1-13(14-10-11-14)20-16(15-8-6-5-7-9-15)12-19-17(21)22-18(2,3)4/h13-16,20H,5-12H2,1-4H3,(H,19,21). The molecule has 0 aliphatic heterocycles. The van der Waals surface area contributed by atoms with Gasteiger partial charge < -0.3 is 15.4 Å². The number of hydrogen-bond donors (Lipinski definition) is 2. The van der Waals surface area contributed by atoms with E-state index in [0.717, 1.165) is 5.92 Å². The van der Waals surface area contributed by atoms with E-state index >= 15 is 0 Å². The third kappa shape index (κ3) is 6.15. The number of hydrogen-bond acceptors (Lipinski definition) is 3. The average molecular weight is 310 g/mol. The van der Waals surface area contributed by atoms with E-state index in [-0.39, 0.29) is 6.09 Å². The zero-order valence-corrected chi connectivity index (χ0v) is 14.8. The summed E-state index contributed by atoms with van der Waals surface area (Å²) in [7, 11) is 0. The van der Waals surface area contributed by atoms with Crippen molar-refractivity contribution in [1.29, 1.82) is 0 Å². The van der Waals surface area contributed by atoms with Crippen molar-refractivity contribution in [3.05, 3.63) is 0 Å². The van der Waals surface area contributed by atoms with E-state index < -0.39 is 5.60 Å². The van der Waals surface area contributed by atoms with Crippen LogP contribution in [0, 0.1) is 11.8 Å². The van der Waals surface area contributed by atoms with Crippen LogP contribution in [0.2, 0.25) is 0 Å². The van der Waals surface area contributed by atoms with Crippen molar-refractivity contribution in [3.8, 4) is 0 Å². The third-order valence-electron chi connectivity index (χ3n) is 4.89. The first kappa shape index (κ1) is 17.6. The molecule has 1 amide bonds. The fourth-order valence-corrected chi connectivity index (χ4v) is 3.48. The summed E-state index contributed by atoms with van der Waals surface area (Å²) in [5, 5.41) is 6.77. The molecule has 2 atom stereocenters. The number of nitrogens with one attached hydrogen (secondary N) is 2. The van der Waals surface area contributed by atoms with Crippen molar-refractivity contribution in [3.63, 3.8) is 0 Å². The highest BCUT2D eigenvalue weighted by molar-refractivity contribution is 5.67. The largest absolute Gasteiger partial charge is 0.444 e. The number of alkyl carbamates (subject to hydrolysis) is 1. The van der Waals surface area contributed by atoms with Gasteiger partial charge in [-0.05, 0) is 65.2 Å². The smallest absolute Gasteiger partial charge is 0.407 e. The molecule has 2 aliphatic carbocycles. The summed E-state index contributed by atoms with van der Waals surface area (Å²) < 4.78 is 5.36. The predicted octanol–water partition coefficient (Wildman–Crippen LogP) is 3.85. The zero-order chi connectivity index (χ0) is 16.2. The van der Waals surface area contributed by atoms with Crippen LogP contribution in [0.4, 0.5) is 4.79 Å². The quantitative estimate of drug-likeness (QED) is 0.783. The Hall–Kier alpha value is -0.770. The van der Waals surface area contributed by atoms with Crippen molar-refractivity contribution < 1.29 is 9.53 Å². The van der Waals surface area contributed by atoms with Gasteiger partial charge in [0.15, 0.2) is 0 Å². The van der Waals surface area contributed by atoms with Gasteiger partial charge in [-0.3, -0.25) is 0 Å². The molecule has 0 aromatic rings. The summed E-state index contributed by atoms with van der Waals surface area (Å²) in [4.78, 5) is 11.9. The maximum Gasteiger partial charge on any atom is 0.407 e. The lowest BCUT2D eigenvalue weighted by molar-refractivity contribution is 0.0514. The van der Waals surface area contributed by atoms with Gasteiger partial charge >= 0.3 is 6.09 Å². The van der Waals surface area contributed by atoms with Crippen molar-refractivity contribution in [2.24, 2.45) is 11.8 Å². The lowest BCUT2D eigenvalue weighted by Crippen LogP contribution is -2.50. The highest BCUT2D eigenvalue weighted by atomic mass is 16.6. The van der Waals surface area contributed by atoms with Gasteiger partial charge in [0.05, 0.1) is 0 Å². The molecule has 2 saturated carbocycles. The SMILES string of the molecule is CC(NC(CNC(=O)OC(C)(C)C)C1CCCCC1)C1CC1. The van der Waals surface area contributed by atoms with Crippen LogP contribution >= 0.6 is 0 Å². The predicted molar refractivity (Wildman–Crippen MR) is 89.9 cm³/mol. The number of carbonyl (C=O) groups is 1. The number of amides is 1. The van der Waals surface area contributed by atoms with Gasteiger partial charge in [-0.15, -0.1) is 0 Å². The molecule has 4 heteroatoms. The summed E-state index contributed by atoms with van der Waals surface area (Å²) >= 11 is 0. The Morgan fingerprint density at radius 2 is 1.73 bits per heavy atom. The minimum atomic E-state index is -0.431. The van der Waals surface area contributed by atoms with Crippen LogP contribution in [-0.2, 0) is 4.74 Å². The Morgan fingerprint density at radius 3 is 2.27 bits per heavy atom. The van der Waals surface area contributed by atoms with Crippen LogP contribution in [0.15, 0.2) is 0 Å². The topological polar surface area (TPSA) is 50.4 Å². The minimum Gasteiger partial charge on any atom is -0.444 e. The minimum absolute atomic E-state index is 0.297. The Kier molecular flexibility index (Phi) is 6.13. The number of carbonyl (C=O) groups excluding carboxylic acids is 1. The number of rotatable bonds is 6. The van der Waals surface area contributed by atoms with E-state index in [4.69, 9.17) is 4.74 Å². The summed E-state index contributed by atoms with van der Waals surface area (Å²) in [6.45, 7) is 8.67. The second-order valence-corrected chi connectivity index (χ2v) is 8.18. The Balaban J connectivity index is 1.84. The molecule has 0 aromatic heterocycles. The monoisotopic (exact) mass is 310 g/mol. The molecule has 0 spiro atoms. The van der Waals surface area contributed by atoms with Crippen molar-refractivity contribution >= 4 is 6.09 Å². The molecule has 2 fully saturated rings. The molecule has 0 aromatic carbocycles. The summed E-state index contributed by atoms with van der Waals surface area (Å²) in [6.07, 6.45) is 8.99. The molecule has 0 saturated heterocycles. The summed E-state index contributed by atoms with van der Waals surface area (Å²) in [5.41, 5.74) is -0.431. The normalized spacial score (nSPS) is 22.9. The van der Waals surface area contributed by atoms with Crippen molar-refractivity contribution in [1.82, 2.24) is 10.6 Å². The maximum absolute atomic E-state index is 11.9. The average Bonchev–Trinajstić information content (AvgIpc) is 3.26. The molecule has 4 nitrogen and oxygen atoms in total. The van der Waals surface area contributed by atoms with Crippen LogP contribution in [-0.4, -0.2) is 30.3 Å². The molecular weight excluding hydrogens is 276 g/mol. The number of ether oxygens (including phenoxy) is 1. The van der Waals surface area contributed by atoms with Crippen LogP contribution in [0.3, 0.4) is 0 Å². The van der Waals surface area contributed by atoms with Gasteiger partial charge in [-0.25, -0.2) is 4.79 Å². The molecule has 2 N–H and O–H groups in total. The van der Waals surface area contributed by atoms with Crippen LogP contribution < -0.4 is 10.6 Å². The van der Waals surface area contributed by atoms with Crippen molar-refractivity contribution in [2.75, 3.05) is 6.54 Å². The Labute approximate surface area is 135 Å². The van der Waals surface area contributed by atoms with Gasteiger partial charge in [0.2, 0.25) is 0 Å². The lowest BCUT2D eigenvalue weighted by Gasteiger charge is -2.33. The van der Waals surface area contributed by atoms with Gasteiger partial charge in [-0.2, -0.15) is 0 Å². The molecule has 22 heavy (non-hydrogen) atoms. The highest BCUT2D eigenvalue weighted by Gasteiger charge is 2.32. The first-order valence-corrected chi connectivity index (χ1v) is 9.08. The van der Waals surface area contributed by atoms with Gasteiger partial charge in [0, 0.05) is 18.6 Å². The first-order chi connectivity index (χ1) is 10.3. The molecular formula is C18H34N2O2. The highest BCUT2D eigenvalue weighted by Crippen LogP contribution is 2.34. The molecule has 128 valence electrons. The molecule has 0 radical (unpaired) electrons. The second kappa shape index (κ2) is 7.67. The first-order valence-electron chi connectivity index (χ1n) is 9.08. The van der Waals surface area contributed by atoms with E-state index in [9.17, 15) is 4.79 Å². The fraction of sp³-hybridized carbons (Fsp3) is 0.944. The summed E-state index contributed by atoms with van der Waals surface area (Å²) in [5.74, 6) is 1.53. The van der Waals surface area contributed by atoms with E-state index in [0.29, 0.717) is 24.5 Å². The third-order valence-corrected chi connectivity index (χ3v) is 4.89. The maximum atomic E-state index is 11.9. The van der Waals surface area contributed by atoms with Gasteiger partial charge in [0.1, 0.15) is 5.60 Å². The van der Waals surface area contributed by atoms with E-state index in [1.165, 1.54) is 44.9 Å². The molecule has 2 unspecified atom stereocenters. The van der Waals surface area contributed by atoms with Gasteiger partial charge in [-0.1, -0.05) is 19.3 Å². The van der Waals surface area contributed by atoms with E-state index in [1.807, 2.05) is 20.8 Å². The van der Waals surface area contributed by atoms with Gasteiger partial charge in [0.25, 0.3) is 0 Å². The second-order valence-electron chi connectivity index (χ2n) is 8.18. The van der Waals surface area contributed by atoms with E-state index in [2.05, 4.69) is 17.6 Å². The molecule has 0 heterocycles. The zero-order valence-electron chi connectivity index (χ0n) is 14.8. The van der Waals surface area contributed by atoms with Crippen LogP contribution in [0.1, 0.15) is 72.6 Å². The van der Waals surface area contributed by atoms with Crippen LogP contribution in [0.25, 0.3) is 0 Å².